The summed E-state index contributed by atoms with van der Waals surface area (Å²) in [6.07, 6.45) is 0. The number of nitrogens with one attached hydrogen (secondary N) is 1. The zero-order valence-electron chi connectivity index (χ0n) is 7.28. The number of amides is 1. The SMILES string of the molecule is CC(=O)Nc1cc(Cl)cc([N+](=O)[O-])c1. The van der Waals surface area contributed by atoms with Gasteiger partial charge in [0.05, 0.1) is 4.92 Å². The Morgan fingerprint density at radius 1 is 1.50 bits per heavy atom. The van der Waals surface area contributed by atoms with E-state index < -0.39 is 4.92 Å². The Kier molecular flexibility index (Phi) is 3.03. The first kappa shape index (κ1) is 10.5. The molecular formula is C8H7ClN2O3. The molecule has 1 N–H and O–H groups in total. The molecule has 0 heterocycles. The average molecular weight is 215 g/mol. The molecule has 0 atom stereocenters. The van der Waals surface area contributed by atoms with E-state index in [1.54, 1.807) is 0 Å². The number of carbonyl (C=O) groups excluding carboxylic acids is 1. The van der Waals surface area contributed by atoms with Gasteiger partial charge in [-0.3, -0.25) is 14.9 Å². The van der Waals surface area contributed by atoms with E-state index in [2.05, 4.69) is 5.32 Å². The summed E-state index contributed by atoms with van der Waals surface area (Å²) in [4.78, 5) is 20.5. The Labute approximate surface area is 84.8 Å². The maximum atomic E-state index is 10.7. The van der Waals surface area contributed by atoms with Crippen molar-refractivity contribution in [3.63, 3.8) is 0 Å². The monoisotopic (exact) mass is 214 g/mol. The Balaban J connectivity index is 3.07. The third-order valence-electron chi connectivity index (χ3n) is 1.41. The van der Waals surface area contributed by atoms with Crippen molar-refractivity contribution in [3.8, 4) is 0 Å². The summed E-state index contributed by atoms with van der Waals surface area (Å²) in [5.41, 5.74) is 0.165. The lowest BCUT2D eigenvalue weighted by Gasteiger charge is -2.01. The van der Waals surface area contributed by atoms with Gasteiger partial charge >= 0.3 is 0 Å². The fraction of sp³-hybridized carbons (Fsp3) is 0.125. The highest BCUT2D eigenvalue weighted by Crippen LogP contribution is 2.23. The van der Waals surface area contributed by atoms with Gasteiger partial charge in [0.1, 0.15) is 0 Å². The van der Waals surface area contributed by atoms with Crippen LogP contribution in [-0.2, 0) is 4.79 Å². The van der Waals surface area contributed by atoms with Crippen LogP contribution in [0.15, 0.2) is 18.2 Å². The van der Waals surface area contributed by atoms with Crippen LogP contribution in [0.3, 0.4) is 0 Å². The van der Waals surface area contributed by atoms with Crippen molar-refractivity contribution < 1.29 is 9.72 Å². The van der Waals surface area contributed by atoms with Gasteiger partial charge in [-0.05, 0) is 6.07 Å². The van der Waals surface area contributed by atoms with Crippen molar-refractivity contribution in [2.75, 3.05) is 5.32 Å². The molecule has 14 heavy (non-hydrogen) atoms. The molecule has 0 saturated carbocycles. The van der Waals surface area contributed by atoms with Gasteiger partial charge < -0.3 is 5.32 Å². The topological polar surface area (TPSA) is 72.2 Å². The van der Waals surface area contributed by atoms with Gasteiger partial charge in [0.25, 0.3) is 5.69 Å². The highest BCUT2D eigenvalue weighted by molar-refractivity contribution is 6.31. The number of hydrogen-bond acceptors (Lipinski definition) is 3. The van der Waals surface area contributed by atoms with Crippen LogP contribution in [0.25, 0.3) is 0 Å². The number of non-ortho nitro benzene ring substituents is 1. The first-order valence-electron chi connectivity index (χ1n) is 3.71. The van der Waals surface area contributed by atoms with Crippen LogP contribution in [-0.4, -0.2) is 10.8 Å². The fourth-order valence-electron chi connectivity index (χ4n) is 0.955. The molecule has 6 heteroatoms. The van der Waals surface area contributed by atoms with Gasteiger partial charge in [0.15, 0.2) is 0 Å². The molecule has 1 aromatic rings. The second-order valence-electron chi connectivity index (χ2n) is 2.64. The van der Waals surface area contributed by atoms with Crippen LogP contribution in [0.2, 0.25) is 5.02 Å². The molecule has 1 aromatic carbocycles. The molecule has 0 saturated heterocycles. The van der Waals surface area contributed by atoms with E-state index in [-0.39, 0.29) is 16.6 Å². The van der Waals surface area contributed by atoms with Crippen molar-refractivity contribution in [3.05, 3.63) is 33.3 Å². The van der Waals surface area contributed by atoms with Crippen LogP contribution in [0.5, 0.6) is 0 Å². The molecule has 1 rings (SSSR count). The summed E-state index contributed by atoms with van der Waals surface area (Å²) in [6.45, 7) is 1.31. The molecular weight excluding hydrogens is 208 g/mol. The second-order valence-corrected chi connectivity index (χ2v) is 3.07. The van der Waals surface area contributed by atoms with Gasteiger partial charge in [-0.2, -0.15) is 0 Å². The number of nitrogens with zero attached hydrogens (tertiary/aromatic N) is 1. The molecule has 74 valence electrons. The van der Waals surface area contributed by atoms with Gasteiger partial charge in [-0.1, -0.05) is 11.6 Å². The Bertz CT molecular complexity index is 392. The maximum absolute atomic E-state index is 10.7. The normalized spacial score (nSPS) is 9.57. The van der Waals surface area contributed by atoms with Crippen molar-refractivity contribution in [2.45, 2.75) is 6.92 Å². The van der Waals surface area contributed by atoms with E-state index in [1.807, 2.05) is 0 Å². The summed E-state index contributed by atoms with van der Waals surface area (Å²) in [6, 6.07) is 3.90. The average Bonchev–Trinajstić information content (AvgIpc) is 2.01. The maximum Gasteiger partial charge on any atom is 0.272 e. The molecule has 0 aromatic heterocycles. The first-order valence-corrected chi connectivity index (χ1v) is 4.09. The largest absolute Gasteiger partial charge is 0.326 e. The van der Waals surface area contributed by atoms with Crippen LogP contribution < -0.4 is 5.32 Å². The van der Waals surface area contributed by atoms with E-state index in [1.165, 1.54) is 25.1 Å². The standard InChI is InChI=1S/C8H7ClN2O3/c1-5(12)10-7-2-6(9)3-8(4-7)11(13)14/h2-4H,1H3,(H,10,12). The minimum absolute atomic E-state index is 0.152. The van der Waals surface area contributed by atoms with Crippen LogP contribution in [0.4, 0.5) is 11.4 Å². The highest BCUT2D eigenvalue weighted by atomic mass is 35.5. The summed E-state index contributed by atoms with van der Waals surface area (Å²) in [7, 11) is 0. The van der Waals surface area contributed by atoms with Gasteiger partial charge in [0, 0.05) is 29.8 Å². The number of halogens is 1. The molecule has 0 aliphatic carbocycles. The fourth-order valence-corrected chi connectivity index (χ4v) is 1.18. The lowest BCUT2D eigenvalue weighted by molar-refractivity contribution is -0.384. The van der Waals surface area contributed by atoms with Crippen LogP contribution in [0, 0.1) is 10.1 Å². The van der Waals surface area contributed by atoms with Crippen molar-refractivity contribution in [1.29, 1.82) is 0 Å². The van der Waals surface area contributed by atoms with Crippen molar-refractivity contribution in [2.24, 2.45) is 0 Å². The number of nitro benzene ring substituents is 1. The van der Waals surface area contributed by atoms with E-state index >= 15 is 0 Å². The summed E-state index contributed by atoms with van der Waals surface area (Å²) in [5, 5.41) is 13.0. The Morgan fingerprint density at radius 2 is 2.14 bits per heavy atom. The first-order chi connectivity index (χ1) is 6.49. The summed E-state index contributed by atoms with van der Waals surface area (Å²) < 4.78 is 0. The number of hydrogen-bond donors (Lipinski definition) is 1. The Hall–Kier alpha value is -1.62. The smallest absolute Gasteiger partial charge is 0.272 e. The molecule has 5 nitrogen and oxygen atoms in total. The second kappa shape index (κ2) is 4.06. The predicted octanol–water partition coefficient (Wildman–Crippen LogP) is 2.21. The van der Waals surface area contributed by atoms with Crippen LogP contribution >= 0.6 is 11.6 Å². The quantitative estimate of drug-likeness (QED) is 0.606. The van der Waals surface area contributed by atoms with Crippen molar-refractivity contribution in [1.82, 2.24) is 0 Å². The van der Waals surface area contributed by atoms with E-state index in [4.69, 9.17) is 11.6 Å². The third-order valence-corrected chi connectivity index (χ3v) is 1.63. The molecule has 0 bridgehead atoms. The number of benzene rings is 1. The van der Waals surface area contributed by atoms with E-state index in [9.17, 15) is 14.9 Å². The number of anilines is 1. The molecule has 0 aliphatic rings. The molecule has 0 spiro atoms. The lowest BCUT2D eigenvalue weighted by atomic mass is 10.3. The van der Waals surface area contributed by atoms with Crippen molar-refractivity contribution >= 4 is 28.9 Å². The zero-order valence-corrected chi connectivity index (χ0v) is 8.04. The summed E-state index contributed by atoms with van der Waals surface area (Å²) >= 11 is 5.62. The van der Waals surface area contributed by atoms with Gasteiger partial charge in [-0.25, -0.2) is 0 Å². The number of rotatable bonds is 2. The van der Waals surface area contributed by atoms with Crippen LogP contribution in [0.1, 0.15) is 6.92 Å². The minimum Gasteiger partial charge on any atom is -0.326 e. The molecule has 0 aliphatic heterocycles. The molecule has 1 amide bonds. The summed E-state index contributed by atoms with van der Waals surface area (Å²) in [5.74, 6) is -0.304. The van der Waals surface area contributed by atoms with Gasteiger partial charge in [0.2, 0.25) is 5.91 Å². The highest BCUT2D eigenvalue weighted by Gasteiger charge is 2.09. The van der Waals surface area contributed by atoms with Gasteiger partial charge in [-0.15, -0.1) is 0 Å². The predicted molar refractivity (Wildman–Crippen MR) is 52.4 cm³/mol. The Morgan fingerprint density at radius 3 is 2.64 bits per heavy atom. The number of carbonyl (C=O) groups is 1. The minimum atomic E-state index is -0.572. The molecule has 0 radical (unpaired) electrons. The van der Waals surface area contributed by atoms with E-state index in [0.29, 0.717) is 5.69 Å². The molecule has 0 fully saturated rings. The number of nitro groups is 1. The lowest BCUT2D eigenvalue weighted by Crippen LogP contribution is -2.05. The molecule has 0 unspecified atom stereocenters. The zero-order chi connectivity index (χ0) is 10.7. The third kappa shape index (κ3) is 2.70. The van der Waals surface area contributed by atoms with E-state index in [0.717, 1.165) is 0 Å².